The average Bonchev–Trinajstić information content (AvgIpc) is 2.78. The summed E-state index contributed by atoms with van der Waals surface area (Å²) in [5, 5.41) is 21.0. The zero-order valence-corrected chi connectivity index (χ0v) is 17.9. The van der Waals surface area contributed by atoms with Crippen LogP contribution in [0.25, 0.3) is 10.1 Å². The molecule has 2 aromatic carbocycles. The van der Waals surface area contributed by atoms with E-state index in [2.05, 4.69) is 4.98 Å². The van der Waals surface area contributed by atoms with Crippen molar-refractivity contribution in [3.63, 3.8) is 0 Å². The summed E-state index contributed by atoms with van der Waals surface area (Å²) in [5.41, 5.74) is -2.17. The maximum Gasteiger partial charge on any atom is 0.416 e. The first-order chi connectivity index (χ1) is 15.6. The molecule has 1 saturated heterocycles. The van der Waals surface area contributed by atoms with Crippen LogP contribution in [0, 0.1) is 10.1 Å². The summed E-state index contributed by atoms with van der Waals surface area (Å²) >= 11 is 0.821. The minimum atomic E-state index is -4.83. The third-order valence-electron chi connectivity index (χ3n) is 5.29. The molecule has 4 rings (SSSR count). The second-order valence-corrected chi connectivity index (χ2v) is 8.24. The number of nitro benzene ring substituents is 1. The third-order valence-corrected chi connectivity index (χ3v) is 6.46. The number of nitrogens with zero attached hydrogens (tertiary/aromatic N) is 4. The molecule has 0 amide bonds. The van der Waals surface area contributed by atoms with Crippen LogP contribution in [0.1, 0.15) is 5.56 Å². The van der Waals surface area contributed by atoms with Gasteiger partial charge in [0.05, 0.1) is 23.0 Å². The highest BCUT2D eigenvalue weighted by Gasteiger charge is 2.34. The molecule has 0 aliphatic carbocycles. The summed E-state index contributed by atoms with van der Waals surface area (Å²) in [7, 11) is 1.45. The second kappa shape index (κ2) is 8.39. The number of hydrogen-bond donors (Lipinski definition) is 1. The van der Waals surface area contributed by atoms with E-state index in [9.17, 15) is 33.2 Å². The molecule has 1 aliphatic heterocycles. The average molecular weight is 482 g/mol. The fraction of sp³-hybridized carbons (Fsp3) is 0.300. The number of alkyl halides is 3. The molecule has 0 bridgehead atoms. The number of anilines is 2. The third kappa shape index (κ3) is 4.35. The number of benzene rings is 2. The molecule has 9 nitrogen and oxygen atoms in total. The lowest BCUT2D eigenvalue weighted by Crippen LogP contribution is -2.47. The standard InChI is InChI=1S/C20H17F3N4O5S/c1-32-16-10-12(2-3-15(16)28)25-4-6-26(7-5-25)19-24-18(29)13-8-11(20(21,22)23)9-14(27(30)31)17(13)33-19/h2-3,8-10,28H,4-7H2,1H3. The molecule has 0 spiro atoms. The van der Waals surface area contributed by atoms with Gasteiger partial charge in [-0.2, -0.15) is 18.2 Å². The SMILES string of the molecule is COc1cc(N2CCN(c3nc(=O)c4cc(C(F)(F)F)cc([N+](=O)[O-])c4s3)CC2)ccc1O. The zero-order valence-electron chi connectivity index (χ0n) is 17.1. The van der Waals surface area contributed by atoms with E-state index in [1.165, 1.54) is 13.2 Å². The molecular formula is C20H17F3N4O5S. The molecule has 1 aliphatic rings. The van der Waals surface area contributed by atoms with Gasteiger partial charge in [0, 0.05) is 44.0 Å². The van der Waals surface area contributed by atoms with Gasteiger partial charge in [-0.05, 0) is 18.2 Å². The molecule has 1 N–H and O–H groups in total. The van der Waals surface area contributed by atoms with Crippen LogP contribution in [0.15, 0.2) is 35.1 Å². The van der Waals surface area contributed by atoms with Gasteiger partial charge in [0.1, 0.15) is 4.70 Å². The Morgan fingerprint density at radius 2 is 1.82 bits per heavy atom. The first-order valence-corrected chi connectivity index (χ1v) is 10.5. The fourth-order valence-corrected chi connectivity index (χ4v) is 4.71. The van der Waals surface area contributed by atoms with Gasteiger partial charge in [-0.25, -0.2) is 0 Å². The highest BCUT2D eigenvalue weighted by Crippen LogP contribution is 2.38. The summed E-state index contributed by atoms with van der Waals surface area (Å²) in [5.74, 6) is 0.343. The van der Waals surface area contributed by atoms with Gasteiger partial charge < -0.3 is 19.6 Å². The molecule has 33 heavy (non-hydrogen) atoms. The van der Waals surface area contributed by atoms with Gasteiger partial charge in [0.2, 0.25) is 0 Å². The number of phenols is 1. The number of nitro groups is 1. The number of halogens is 3. The molecule has 0 saturated carbocycles. The van der Waals surface area contributed by atoms with Crippen LogP contribution in [0.5, 0.6) is 11.5 Å². The normalized spacial score (nSPS) is 14.5. The van der Waals surface area contributed by atoms with Crippen LogP contribution in [-0.4, -0.2) is 48.3 Å². The summed E-state index contributed by atoms with van der Waals surface area (Å²) in [6.45, 7) is 1.88. The van der Waals surface area contributed by atoms with Crippen molar-refractivity contribution in [2.45, 2.75) is 6.18 Å². The van der Waals surface area contributed by atoms with Gasteiger partial charge in [-0.1, -0.05) is 11.3 Å². The van der Waals surface area contributed by atoms with Crippen LogP contribution >= 0.6 is 11.3 Å². The molecule has 3 aromatic rings. The van der Waals surface area contributed by atoms with E-state index < -0.39 is 33.3 Å². The number of aromatic hydroxyl groups is 1. The van der Waals surface area contributed by atoms with Gasteiger partial charge in [0.25, 0.3) is 11.2 Å². The molecule has 0 radical (unpaired) electrons. The van der Waals surface area contributed by atoms with Crippen LogP contribution in [0.2, 0.25) is 0 Å². The van der Waals surface area contributed by atoms with Gasteiger partial charge >= 0.3 is 6.18 Å². The molecule has 0 unspecified atom stereocenters. The summed E-state index contributed by atoms with van der Waals surface area (Å²) in [6.07, 6.45) is -4.83. The van der Waals surface area contributed by atoms with Crippen molar-refractivity contribution in [1.82, 2.24) is 4.98 Å². The van der Waals surface area contributed by atoms with Crippen molar-refractivity contribution in [2.24, 2.45) is 0 Å². The lowest BCUT2D eigenvalue weighted by molar-refractivity contribution is -0.383. The number of phenolic OH excluding ortho intramolecular Hbond substituents is 1. The molecular weight excluding hydrogens is 465 g/mol. The number of methoxy groups -OCH3 is 1. The zero-order chi connectivity index (χ0) is 23.9. The summed E-state index contributed by atoms with van der Waals surface area (Å²) in [6, 6.07) is 6.00. The topological polar surface area (TPSA) is 109 Å². The van der Waals surface area contributed by atoms with Crippen molar-refractivity contribution >= 4 is 37.9 Å². The molecule has 13 heteroatoms. The van der Waals surface area contributed by atoms with E-state index in [4.69, 9.17) is 4.74 Å². The van der Waals surface area contributed by atoms with E-state index in [-0.39, 0.29) is 15.6 Å². The fourth-order valence-electron chi connectivity index (χ4n) is 3.59. The van der Waals surface area contributed by atoms with E-state index >= 15 is 0 Å². The highest BCUT2D eigenvalue weighted by atomic mass is 32.1. The quantitative estimate of drug-likeness (QED) is 0.444. The van der Waals surface area contributed by atoms with Crippen LogP contribution in [0.3, 0.4) is 0 Å². The number of non-ortho nitro benzene ring substituents is 1. The Hall–Kier alpha value is -3.61. The number of rotatable bonds is 4. The highest BCUT2D eigenvalue weighted by molar-refractivity contribution is 7.22. The Balaban J connectivity index is 1.64. The lowest BCUT2D eigenvalue weighted by atomic mass is 10.1. The Morgan fingerprint density at radius 3 is 2.42 bits per heavy atom. The molecule has 1 aromatic heterocycles. The van der Waals surface area contributed by atoms with E-state index in [1.54, 1.807) is 17.0 Å². The van der Waals surface area contributed by atoms with Gasteiger partial charge in [-0.15, -0.1) is 0 Å². The predicted octanol–water partition coefficient (Wildman–Crippen LogP) is 3.62. The van der Waals surface area contributed by atoms with Crippen molar-refractivity contribution < 1.29 is 27.9 Å². The summed E-state index contributed by atoms with van der Waals surface area (Å²) < 4.78 is 44.4. The van der Waals surface area contributed by atoms with Crippen molar-refractivity contribution in [3.8, 4) is 11.5 Å². The first kappa shape index (κ1) is 22.6. The number of fused-ring (bicyclic) bond motifs is 1. The van der Waals surface area contributed by atoms with Crippen LogP contribution in [-0.2, 0) is 6.18 Å². The number of ether oxygens (including phenoxy) is 1. The van der Waals surface area contributed by atoms with Crippen molar-refractivity contribution in [3.05, 3.63) is 56.4 Å². The minimum Gasteiger partial charge on any atom is -0.504 e. The Bertz CT molecular complexity index is 1290. The number of piperazine rings is 1. The largest absolute Gasteiger partial charge is 0.504 e. The van der Waals surface area contributed by atoms with Crippen molar-refractivity contribution in [2.75, 3.05) is 43.1 Å². The molecule has 0 atom stereocenters. The summed E-state index contributed by atoms with van der Waals surface area (Å²) in [4.78, 5) is 30.7. The predicted molar refractivity (Wildman–Crippen MR) is 117 cm³/mol. The number of aromatic nitrogens is 1. The Labute approximate surface area is 188 Å². The van der Waals surface area contributed by atoms with Crippen LogP contribution in [0.4, 0.5) is 29.7 Å². The van der Waals surface area contributed by atoms with E-state index in [1.807, 2.05) is 4.90 Å². The van der Waals surface area contributed by atoms with Gasteiger partial charge in [-0.3, -0.25) is 14.9 Å². The Morgan fingerprint density at radius 1 is 1.15 bits per heavy atom. The molecule has 174 valence electrons. The molecule has 1 fully saturated rings. The maximum absolute atomic E-state index is 13.1. The van der Waals surface area contributed by atoms with Crippen LogP contribution < -0.4 is 20.1 Å². The van der Waals surface area contributed by atoms with E-state index in [0.29, 0.717) is 44.1 Å². The van der Waals surface area contributed by atoms with E-state index in [0.717, 1.165) is 17.0 Å². The number of hydrogen-bond acceptors (Lipinski definition) is 9. The monoisotopic (exact) mass is 482 g/mol. The second-order valence-electron chi connectivity index (χ2n) is 7.26. The minimum absolute atomic E-state index is 0.0142. The van der Waals surface area contributed by atoms with Gasteiger partial charge in [0.15, 0.2) is 16.6 Å². The Kier molecular flexibility index (Phi) is 5.74. The van der Waals surface area contributed by atoms with Crippen molar-refractivity contribution in [1.29, 1.82) is 0 Å². The lowest BCUT2D eigenvalue weighted by Gasteiger charge is -2.36. The smallest absolute Gasteiger partial charge is 0.416 e. The molecule has 2 heterocycles. The first-order valence-electron chi connectivity index (χ1n) is 9.66. The maximum atomic E-state index is 13.1.